The highest BCUT2D eigenvalue weighted by Gasteiger charge is 2.25. The van der Waals surface area contributed by atoms with E-state index in [-0.39, 0.29) is 12.4 Å². The third kappa shape index (κ3) is 3.90. The van der Waals surface area contributed by atoms with Crippen LogP contribution in [0.15, 0.2) is 0 Å². The van der Waals surface area contributed by atoms with Crippen LogP contribution in [0.3, 0.4) is 0 Å². The average molecular weight is 247 g/mol. The molecule has 0 aromatic carbocycles. The fraction of sp³-hybridized carbons (Fsp3) is 1.00. The Morgan fingerprint density at radius 3 is 2.62 bits per heavy atom. The fourth-order valence-electron chi connectivity index (χ4n) is 3.17. The van der Waals surface area contributed by atoms with Crippen molar-refractivity contribution in [2.75, 3.05) is 26.2 Å². The van der Waals surface area contributed by atoms with E-state index >= 15 is 0 Å². The third-order valence-corrected chi connectivity index (χ3v) is 4.23. The zero-order chi connectivity index (χ0) is 10.7. The van der Waals surface area contributed by atoms with Gasteiger partial charge in [-0.1, -0.05) is 26.2 Å². The Bertz CT molecular complexity index is 198. The molecule has 0 amide bonds. The number of nitrogens with one attached hydrogen (secondary N) is 1. The van der Waals surface area contributed by atoms with Gasteiger partial charge in [-0.3, -0.25) is 0 Å². The highest BCUT2D eigenvalue weighted by atomic mass is 35.5. The first-order chi connectivity index (χ1) is 7.25. The molecule has 0 aromatic heterocycles. The van der Waals surface area contributed by atoms with Crippen LogP contribution in [-0.4, -0.2) is 37.1 Å². The smallest absolute Gasteiger partial charge is 0.0167 e. The van der Waals surface area contributed by atoms with E-state index in [1.165, 1.54) is 51.9 Å². The molecule has 1 aliphatic carbocycles. The summed E-state index contributed by atoms with van der Waals surface area (Å²) in [6.45, 7) is 9.80. The molecular formula is C13H27ClN2. The molecule has 3 atom stereocenters. The molecule has 0 bridgehead atoms. The van der Waals surface area contributed by atoms with Crippen LogP contribution >= 0.6 is 12.4 Å². The van der Waals surface area contributed by atoms with Gasteiger partial charge in [-0.05, 0) is 25.2 Å². The summed E-state index contributed by atoms with van der Waals surface area (Å²) in [4.78, 5) is 2.67. The van der Waals surface area contributed by atoms with E-state index in [1.807, 2.05) is 0 Å². The van der Waals surface area contributed by atoms with Crippen LogP contribution in [0.25, 0.3) is 0 Å². The van der Waals surface area contributed by atoms with Crippen LogP contribution in [0.5, 0.6) is 0 Å². The molecule has 1 N–H and O–H groups in total. The van der Waals surface area contributed by atoms with Crippen molar-refractivity contribution in [2.45, 2.75) is 45.6 Å². The minimum atomic E-state index is 0. The number of nitrogens with zero attached hydrogens (tertiary/aromatic N) is 1. The largest absolute Gasteiger partial charge is 0.312 e. The Hall–Kier alpha value is 0.210. The van der Waals surface area contributed by atoms with E-state index < -0.39 is 0 Å². The van der Waals surface area contributed by atoms with Crippen molar-refractivity contribution in [1.29, 1.82) is 0 Å². The minimum absolute atomic E-state index is 0. The van der Waals surface area contributed by atoms with Crippen LogP contribution in [0.1, 0.15) is 39.5 Å². The van der Waals surface area contributed by atoms with Gasteiger partial charge in [0.15, 0.2) is 0 Å². The summed E-state index contributed by atoms with van der Waals surface area (Å²) in [5.74, 6) is 1.94. The maximum Gasteiger partial charge on any atom is 0.0167 e. The van der Waals surface area contributed by atoms with Crippen LogP contribution in [0, 0.1) is 11.8 Å². The Morgan fingerprint density at radius 1 is 1.19 bits per heavy atom. The van der Waals surface area contributed by atoms with Crippen molar-refractivity contribution in [3.8, 4) is 0 Å². The third-order valence-electron chi connectivity index (χ3n) is 4.23. The van der Waals surface area contributed by atoms with Crippen molar-refractivity contribution >= 4 is 12.4 Å². The lowest BCUT2D eigenvalue weighted by atomic mass is 9.80. The molecule has 1 saturated carbocycles. The molecule has 2 aliphatic rings. The van der Waals surface area contributed by atoms with Gasteiger partial charge in [-0.2, -0.15) is 0 Å². The summed E-state index contributed by atoms with van der Waals surface area (Å²) < 4.78 is 0. The van der Waals surface area contributed by atoms with E-state index in [2.05, 4.69) is 24.1 Å². The summed E-state index contributed by atoms with van der Waals surface area (Å²) >= 11 is 0. The molecule has 2 rings (SSSR count). The normalized spacial score (nSPS) is 36.8. The van der Waals surface area contributed by atoms with Crippen LogP contribution < -0.4 is 5.32 Å². The molecule has 1 aliphatic heterocycles. The number of hydrogen-bond donors (Lipinski definition) is 1. The van der Waals surface area contributed by atoms with E-state index in [0.717, 1.165) is 11.8 Å². The van der Waals surface area contributed by atoms with Crippen LogP contribution in [0.4, 0.5) is 0 Å². The first-order valence-corrected chi connectivity index (χ1v) is 6.71. The number of piperazine rings is 1. The zero-order valence-electron chi connectivity index (χ0n) is 10.7. The maximum atomic E-state index is 3.52. The van der Waals surface area contributed by atoms with Gasteiger partial charge >= 0.3 is 0 Å². The lowest BCUT2D eigenvalue weighted by Gasteiger charge is -2.37. The van der Waals surface area contributed by atoms with Gasteiger partial charge in [0.25, 0.3) is 0 Å². The van der Waals surface area contributed by atoms with E-state index in [1.54, 1.807) is 0 Å². The van der Waals surface area contributed by atoms with E-state index in [4.69, 9.17) is 0 Å². The second-order valence-electron chi connectivity index (χ2n) is 5.64. The highest BCUT2D eigenvalue weighted by molar-refractivity contribution is 5.85. The molecule has 96 valence electrons. The summed E-state index contributed by atoms with van der Waals surface area (Å²) in [5, 5.41) is 3.52. The molecule has 16 heavy (non-hydrogen) atoms. The molecule has 2 nitrogen and oxygen atoms in total. The standard InChI is InChI=1S/C13H26N2.ClH/c1-11-5-3-4-6-13(11)10-15-8-7-14-12(2)9-15;/h11-14H,3-10H2,1-2H3;1H/t11?,12-,13?;/m1./s1. The molecule has 0 aromatic rings. The predicted molar refractivity (Wildman–Crippen MR) is 72.3 cm³/mol. The van der Waals surface area contributed by atoms with Gasteiger partial charge < -0.3 is 10.2 Å². The van der Waals surface area contributed by atoms with Gasteiger partial charge in [-0.25, -0.2) is 0 Å². The summed E-state index contributed by atoms with van der Waals surface area (Å²) in [7, 11) is 0. The van der Waals surface area contributed by atoms with Crippen molar-refractivity contribution in [2.24, 2.45) is 11.8 Å². The highest BCUT2D eigenvalue weighted by Crippen LogP contribution is 2.30. The second kappa shape index (κ2) is 6.83. The predicted octanol–water partition coefficient (Wildman–Crippen LogP) is 2.53. The Balaban J connectivity index is 0.00000128. The Kier molecular flexibility index (Phi) is 6.09. The van der Waals surface area contributed by atoms with Gasteiger partial charge in [0.2, 0.25) is 0 Å². The average Bonchev–Trinajstić information content (AvgIpc) is 2.22. The fourth-order valence-corrected chi connectivity index (χ4v) is 3.17. The van der Waals surface area contributed by atoms with Gasteiger partial charge in [0.1, 0.15) is 0 Å². The first kappa shape index (κ1) is 14.3. The van der Waals surface area contributed by atoms with Crippen LogP contribution in [-0.2, 0) is 0 Å². The summed E-state index contributed by atoms with van der Waals surface area (Å²) in [6.07, 6.45) is 5.87. The second-order valence-corrected chi connectivity index (χ2v) is 5.64. The van der Waals surface area contributed by atoms with Crippen molar-refractivity contribution in [1.82, 2.24) is 10.2 Å². The zero-order valence-corrected chi connectivity index (χ0v) is 11.6. The molecule has 0 spiro atoms. The van der Waals surface area contributed by atoms with Gasteiger partial charge in [-0.15, -0.1) is 12.4 Å². The lowest BCUT2D eigenvalue weighted by molar-refractivity contribution is 0.133. The van der Waals surface area contributed by atoms with E-state index in [9.17, 15) is 0 Å². The van der Waals surface area contributed by atoms with Crippen molar-refractivity contribution in [3.63, 3.8) is 0 Å². The quantitative estimate of drug-likeness (QED) is 0.806. The molecule has 1 saturated heterocycles. The number of halogens is 1. The Labute approximate surface area is 107 Å². The minimum Gasteiger partial charge on any atom is -0.312 e. The van der Waals surface area contributed by atoms with Crippen molar-refractivity contribution < 1.29 is 0 Å². The molecule has 2 fully saturated rings. The van der Waals surface area contributed by atoms with Crippen LogP contribution in [0.2, 0.25) is 0 Å². The molecule has 0 radical (unpaired) electrons. The number of hydrogen-bond acceptors (Lipinski definition) is 2. The lowest BCUT2D eigenvalue weighted by Crippen LogP contribution is -2.51. The Morgan fingerprint density at radius 2 is 1.94 bits per heavy atom. The van der Waals surface area contributed by atoms with E-state index in [0.29, 0.717) is 6.04 Å². The molecule has 3 heteroatoms. The topological polar surface area (TPSA) is 15.3 Å². The monoisotopic (exact) mass is 246 g/mol. The summed E-state index contributed by atoms with van der Waals surface area (Å²) in [6, 6.07) is 0.692. The number of rotatable bonds is 2. The summed E-state index contributed by atoms with van der Waals surface area (Å²) in [5.41, 5.74) is 0. The maximum absolute atomic E-state index is 3.52. The van der Waals surface area contributed by atoms with Gasteiger partial charge in [0.05, 0.1) is 0 Å². The van der Waals surface area contributed by atoms with Crippen molar-refractivity contribution in [3.05, 3.63) is 0 Å². The van der Waals surface area contributed by atoms with Gasteiger partial charge in [0, 0.05) is 32.2 Å². The molecule has 1 heterocycles. The molecule has 2 unspecified atom stereocenters. The SMILES string of the molecule is CC1CCCCC1CN1CCN[C@H](C)C1.Cl. The molecular weight excluding hydrogens is 220 g/mol. The first-order valence-electron chi connectivity index (χ1n) is 6.71.